The van der Waals surface area contributed by atoms with Gasteiger partial charge < -0.3 is 20.3 Å². The van der Waals surface area contributed by atoms with Gasteiger partial charge in [0.1, 0.15) is 18.1 Å². The Bertz CT molecular complexity index is 1190. The monoisotopic (exact) mass is 498 g/mol. The number of hydrogen-bond donors (Lipinski definition) is 2. The number of pyridine rings is 1. The summed E-state index contributed by atoms with van der Waals surface area (Å²) in [6.45, 7) is 7.17. The molecule has 10 heteroatoms. The van der Waals surface area contributed by atoms with Crippen molar-refractivity contribution < 1.29 is 13.5 Å². The number of rotatable bonds is 6. The Morgan fingerprint density at radius 3 is 2.69 bits per heavy atom. The van der Waals surface area contributed by atoms with Crippen LogP contribution in [0.1, 0.15) is 26.7 Å². The van der Waals surface area contributed by atoms with Gasteiger partial charge in [-0.25, -0.2) is 23.7 Å². The second-order valence-electron chi connectivity index (χ2n) is 8.90. The SMILES string of the molecule is CC(C)N1CCOc2c(F)cc(-c3nc(Nc4ccc(SC5CCNCC5)cn4)ncc3F)cc21. The quantitative estimate of drug-likeness (QED) is 0.491. The molecule has 0 unspecified atom stereocenters. The van der Waals surface area contributed by atoms with Crippen LogP contribution in [-0.2, 0) is 0 Å². The molecule has 0 aliphatic carbocycles. The van der Waals surface area contributed by atoms with E-state index in [9.17, 15) is 8.78 Å². The summed E-state index contributed by atoms with van der Waals surface area (Å²) >= 11 is 1.83. The van der Waals surface area contributed by atoms with Crippen LogP contribution in [-0.4, -0.2) is 52.5 Å². The lowest BCUT2D eigenvalue weighted by Crippen LogP contribution is -2.38. The molecule has 184 valence electrons. The summed E-state index contributed by atoms with van der Waals surface area (Å²) in [6.07, 6.45) is 5.18. The fraction of sp³-hybridized carbons (Fsp3) is 0.400. The molecule has 2 aliphatic rings. The Balaban J connectivity index is 1.37. The van der Waals surface area contributed by atoms with Gasteiger partial charge in [0.05, 0.1) is 18.4 Å². The molecule has 0 amide bonds. The Morgan fingerprint density at radius 1 is 1.11 bits per heavy atom. The number of fused-ring (bicyclic) bond motifs is 1. The first kappa shape index (κ1) is 23.7. The van der Waals surface area contributed by atoms with Crippen molar-refractivity contribution in [2.24, 2.45) is 0 Å². The average molecular weight is 499 g/mol. The van der Waals surface area contributed by atoms with E-state index >= 15 is 0 Å². The largest absolute Gasteiger partial charge is 0.486 e. The minimum Gasteiger partial charge on any atom is -0.486 e. The summed E-state index contributed by atoms with van der Waals surface area (Å²) in [7, 11) is 0. The van der Waals surface area contributed by atoms with E-state index in [0.29, 0.717) is 35.5 Å². The van der Waals surface area contributed by atoms with Gasteiger partial charge in [0.15, 0.2) is 17.4 Å². The lowest BCUT2D eigenvalue weighted by atomic mass is 10.1. The van der Waals surface area contributed by atoms with E-state index < -0.39 is 11.6 Å². The van der Waals surface area contributed by atoms with Gasteiger partial charge in [-0.05, 0) is 64.0 Å². The molecular formula is C25H28F2N6OS. The molecule has 0 saturated carbocycles. The number of nitrogens with one attached hydrogen (secondary N) is 2. The van der Waals surface area contributed by atoms with Crippen LogP contribution >= 0.6 is 11.8 Å². The molecule has 35 heavy (non-hydrogen) atoms. The van der Waals surface area contributed by atoms with Crippen LogP contribution in [0.3, 0.4) is 0 Å². The zero-order chi connectivity index (χ0) is 24.4. The minimum absolute atomic E-state index is 0.0107. The summed E-state index contributed by atoms with van der Waals surface area (Å²) in [5.41, 5.74) is 0.927. The summed E-state index contributed by atoms with van der Waals surface area (Å²) in [5, 5.41) is 6.99. The summed E-state index contributed by atoms with van der Waals surface area (Å²) in [6, 6.07) is 6.97. The molecule has 7 nitrogen and oxygen atoms in total. The van der Waals surface area contributed by atoms with Crippen molar-refractivity contribution >= 4 is 29.2 Å². The molecule has 0 radical (unpaired) electrons. The van der Waals surface area contributed by atoms with Gasteiger partial charge in [0.2, 0.25) is 5.95 Å². The van der Waals surface area contributed by atoms with E-state index in [2.05, 4.69) is 25.6 Å². The molecule has 0 atom stereocenters. The van der Waals surface area contributed by atoms with Gasteiger partial charge in [-0.1, -0.05) is 0 Å². The molecule has 4 heterocycles. The van der Waals surface area contributed by atoms with E-state index in [-0.39, 0.29) is 23.4 Å². The van der Waals surface area contributed by atoms with Crippen LogP contribution in [0.15, 0.2) is 41.6 Å². The highest BCUT2D eigenvalue weighted by molar-refractivity contribution is 8.00. The number of piperidine rings is 1. The molecule has 5 rings (SSSR count). The molecule has 2 aliphatic heterocycles. The predicted octanol–water partition coefficient (Wildman–Crippen LogP) is 5.01. The van der Waals surface area contributed by atoms with Crippen LogP contribution in [0.2, 0.25) is 0 Å². The van der Waals surface area contributed by atoms with E-state index in [1.54, 1.807) is 6.07 Å². The van der Waals surface area contributed by atoms with Gasteiger partial charge >= 0.3 is 0 Å². The van der Waals surface area contributed by atoms with Crippen LogP contribution in [0, 0.1) is 11.6 Å². The van der Waals surface area contributed by atoms with Crippen molar-refractivity contribution in [2.75, 3.05) is 36.5 Å². The number of halogens is 2. The normalized spacial score (nSPS) is 16.2. The molecule has 0 spiro atoms. The second-order valence-corrected chi connectivity index (χ2v) is 10.3. The number of hydrogen-bond acceptors (Lipinski definition) is 8. The average Bonchev–Trinajstić information content (AvgIpc) is 2.86. The minimum atomic E-state index is -0.635. The Morgan fingerprint density at radius 2 is 1.94 bits per heavy atom. The van der Waals surface area contributed by atoms with Crippen molar-refractivity contribution in [3.05, 3.63) is 48.3 Å². The highest BCUT2D eigenvalue weighted by Gasteiger charge is 2.25. The smallest absolute Gasteiger partial charge is 0.229 e. The van der Waals surface area contributed by atoms with Gasteiger partial charge in [-0.3, -0.25) is 0 Å². The molecule has 1 saturated heterocycles. The second kappa shape index (κ2) is 10.3. The number of nitrogens with zero attached hydrogens (tertiary/aromatic N) is 4. The highest BCUT2D eigenvalue weighted by atomic mass is 32.2. The predicted molar refractivity (Wildman–Crippen MR) is 135 cm³/mol. The van der Waals surface area contributed by atoms with Crippen molar-refractivity contribution in [2.45, 2.75) is 42.9 Å². The van der Waals surface area contributed by atoms with E-state index in [0.717, 1.165) is 37.0 Å². The van der Waals surface area contributed by atoms with Crippen LogP contribution < -0.4 is 20.3 Å². The maximum Gasteiger partial charge on any atom is 0.229 e. The molecular weight excluding hydrogens is 470 g/mol. The summed E-state index contributed by atoms with van der Waals surface area (Å²) in [4.78, 5) is 16.0. The lowest BCUT2D eigenvalue weighted by Gasteiger charge is -2.34. The molecule has 3 aromatic rings. The zero-order valence-corrected chi connectivity index (χ0v) is 20.5. The standard InChI is InChI=1S/C25H28F2N6OS/c1-15(2)33-9-10-34-24-19(26)11-16(12-21(24)33)23-20(27)14-30-25(32-23)31-22-4-3-18(13-29-22)35-17-5-7-28-8-6-17/h3-4,11-15,17,28H,5-10H2,1-2H3,(H,29,30,31,32). The number of anilines is 3. The molecule has 2 N–H and O–H groups in total. The van der Waals surface area contributed by atoms with Gasteiger partial charge in [-0.2, -0.15) is 0 Å². The fourth-order valence-electron chi connectivity index (χ4n) is 4.35. The van der Waals surface area contributed by atoms with Gasteiger partial charge in [-0.15, -0.1) is 11.8 Å². The third-order valence-corrected chi connectivity index (χ3v) is 7.44. The number of ether oxygens (including phenoxy) is 1. The number of thioether (sulfide) groups is 1. The van der Waals surface area contributed by atoms with E-state index in [1.165, 1.54) is 6.07 Å². The number of benzene rings is 1. The first-order valence-electron chi connectivity index (χ1n) is 11.8. The Labute approximate surface area is 207 Å². The molecule has 2 aromatic heterocycles. The van der Waals surface area contributed by atoms with Crippen molar-refractivity contribution in [1.82, 2.24) is 20.3 Å². The topological polar surface area (TPSA) is 75.2 Å². The number of aromatic nitrogens is 3. The Kier molecular flexibility index (Phi) is 7.01. The zero-order valence-electron chi connectivity index (χ0n) is 19.7. The molecule has 1 fully saturated rings. The maximum absolute atomic E-state index is 14.9. The summed E-state index contributed by atoms with van der Waals surface area (Å²) < 4.78 is 35.2. The summed E-state index contributed by atoms with van der Waals surface area (Å²) in [5.74, 6) is -0.257. The van der Waals surface area contributed by atoms with E-state index in [1.807, 2.05) is 48.8 Å². The highest BCUT2D eigenvalue weighted by Crippen LogP contribution is 2.39. The molecule has 0 bridgehead atoms. The van der Waals surface area contributed by atoms with Crippen LogP contribution in [0.5, 0.6) is 5.75 Å². The lowest BCUT2D eigenvalue weighted by molar-refractivity contribution is 0.287. The molecule has 1 aromatic carbocycles. The third-order valence-electron chi connectivity index (χ3n) is 6.12. The van der Waals surface area contributed by atoms with Crippen molar-refractivity contribution in [3.63, 3.8) is 0 Å². The van der Waals surface area contributed by atoms with E-state index in [4.69, 9.17) is 4.74 Å². The maximum atomic E-state index is 14.9. The van der Waals surface area contributed by atoms with Crippen molar-refractivity contribution in [3.8, 4) is 17.0 Å². The third kappa shape index (κ3) is 5.33. The van der Waals surface area contributed by atoms with Gasteiger partial charge in [0.25, 0.3) is 0 Å². The van der Waals surface area contributed by atoms with Crippen LogP contribution in [0.4, 0.5) is 26.2 Å². The van der Waals surface area contributed by atoms with Crippen molar-refractivity contribution in [1.29, 1.82) is 0 Å². The first-order chi connectivity index (χ1) is 17.0. The fourth-order valence-corrected chi connectivity index (χ4v) is 5.47. The van der Waals surface area contributed by atoms with Gasteiger partial charge in [0, 0.05) is 27.9 Å². The van der Waals surface area contributed by atoms with Crippen LogP contribution in [0.25, 0.3) is 11.3 Å². The Hall–Kier alpha value is -2.98. The first-order valence-corrected chi connectivity index (χ1v) is 12.7.